The Morgan fingerprint density at radius 3 is 1.77 bits per heavy atom. The normalized spacial score (nSPS) is 21.2. The fourth-order valence-corrected chi connectivity index (χ4v) is 23.5. The van der Waals surface area contributed by atoms with Crippen LogP contribution in [0.3, 0.4) is 0 Å². The van der Waals surface area contributed by atoms with Crippen molar-refractivity contribution >= 4 is 26.7 Å². The Balaban J connectivity index is 2.63. The van der Waals surface area contributed by atoms with Crippen molar-refractivity contribution < 1.29 is 4.43 Å². The van der Waals surface area contributed by atoms with Gasteiger partial charge >= 0.3 is 171 Å². The summed E-state index contributed by atoms with van der Waals surface area (Å²) in [6.07, 6.45) is 8.64. The van der Waals surface area contributed by atoms with Crippen LogP contribution in [0.1, 0.15) is 80.1 Å². The van der Waals surface area contributed by atoms with Gasteiger partial charge in [0.15, 0.2) is 0 Å². The van der Waals surface area contributed by atoms with Gasteiger partial charge in [-0.15, -0.1) is 0 Å². The van der Waals surface area contributed by atoms with E-state index in [1.165, 1.54) is 51.6 Å². The first kappa shape index (κ1) is 25.0. The van der Waals surface area contributed by atoms with E-state index in [1.54, 1.807) is 13.3 Å². The van der Waals surface area contributed by atoms with Crippen LogP contribution in [0.15, 0.2) is 0 Å². The number of nitrogens with zero attached hydrogens (tertiary/aromatic N) is 1. The summed E-state index contributed by atoms with van der Waals surface area (Å²) in [5.41, 5.74) is 0. The van der Waals surface area contributed by atoms with Gasteiger partial charge in [-0.3, -0.25) is 0 Å². The third-order valence-electron chi connectivity index (χ3n) is 7.15. The van der Waals surface area contributed by atoms with E-state index in [9.17, 15) is 0 Å². The molecule has 156 valence electrons. The molecule has 0 aromatic carbocycles. The molecule has 1 aliphatic heterocycles. The second-order valence-corrected chi connectivity index (χ2v) is 29.1. The van der Waals surface area contributed by atoms with Crippen LogP contribution in [0.25, 0.3) is 0 Å². The van der Waals surface area contributed by atoms with Gasteiger partial charge < -0.3 is 0 Å². The molecular weight excluding hydrogens is 441 g/mol. The van der Waals surface area contributed by atoms with Gasteiger partial charge in [-0.05, 0) is 0 Å². The van der Waals surface area contributed by atoms with Crippen molar-refractivity contribution in [2.45, 2.75) is 116 Å². The number of hydrogen-bond donors (Lipinski definition) is 0. The van der Waals surface area contributed by atoms with Gasteiger partial charge in [0, 0.05) is 0 Å². The fourth-order valence-electron chi connectivity index (χ4n) is 4.10. The van der Waals surface area contributed by atoms with Crippen LogP contribution >= 0.6 is 0 Å². The third kappa shape index (κ3) is 7.40. The molecule has 0 spiro atoms. The van der Waals surface area contributed by atoms with Crippen molar-refractivity contribution in [3.05, 3.63) is 0 Å². The van der Waals surface area contributed by atoms with Crippen LogP contribution in [0.2, 0.25) is 31.4 Å². The first-order valence-corrected chi connectivity index (χ1v) is 22.1. The van der Waals surface area contributed by atoms with E-state index in [2.05, 4.69) is 59.5 Å². The summed E-state index contributed by atoms with van der Waals surface area (Å²) in [5.74, 6) is 0. The van der Waals surface area contributed by atoms with Crippen molar-refractivity contribution in [1.82, 2.24) is 4.90 Å². The van der Waals surface area contributed by atoms with Crippen LogP contribution < -0.4 is 0 Å². The predicted octanol–water partition coefficient (Wildman–Crippen LogP) is 7.08. The molecule has 4 heteroatoms. The van der Waals surface area contributed by atoms with Crippen molar-refractivity contribution in [2.24, 2.45) is 0 Å². The first-order valence-electron chi connectivity index (χ1n) is 11.5. The van der Waals surface area contributed by atoms with Gasteiger partial charge in [0.1, 0.15) is 0 Å². The predicted molar refractivity (Wildman–Crippen MR) is 123 cm³/mol. The summed E-state index contributed by atoms with van der Waals surface area (Å²) in [5, 5.41) is 0.331. The van der Waals surface area contributed by atoms with Crippen molar-refractivity contribution in [3.63, 3.8) is 0 Å². The molecule has 0 aromatic heterocycles. The summed E-state index contributed by atoms with van der Waals surface area (Å²) < 4.78 is 12.5. The summed E-state index contributed by atoms with van der Waals surface area (Å²) >= 11 is -2.02. The number of rotatable bonds is 14. The molecule has 0 bridgehead atoms. The molecule has 1 heterocycles. The molecule has 0 aliphatic carbocycles. The molecule has 1 saturated heterocycles. The SMILES string of the molecule is CCC[CH2][Sn]([CH2]CCC)([CH2]CCC)[C@@H]1CN1CCO[Si](C)(C)C(C)(C)C. The van der Waals surface area contributed by atoms with E-state index in [4.69, 9.17) is 4.43 Å². The third-order valence-corrected chi connectivity index (χ3v) is 28.8. The van der Waals surface area contributed by atoms with Gasteiger partial charge in [-0.2, -0.15) is 0 Å². The quantitative estimate of drug-likeness (QED) is 0.191. The Labute approximate surface area is 170 Å². The molecule has 1 aliphatic rings. The molecule has 1 fully saturated rings. The van der Waals surface area contributed by atoms with E-state index in [0.29, 0.717) is 5.04 Å². The zero-order valence-electron chi connectivity index (χ0n) is 19.4. The van der Waals surface area contributed by atoms with Crippen LogP contribution in [0, 0.1) is 0 Å². The summed E-state index contributed by atoms with van der Waals surface area (Å²) in [4.78, 5) is 2.82. The van der Waals surface area contributed by atoms with Crippen molar-refractivity contribution in [1.29, 1.82) is 0 Å². The second kappa shape index (κ2) is 11.2. The molecule has 2 atom stereocenters. The van der Waals surface area contributed by atoms with Gasteiger partial charge in [0.2, 0.25) is 0 Å². The molecule has 1 unspecified atom stereocenters. The average molecular weight is 490 g/mol. The summed E-state index contributed by atoms with van der Waals surface area (Å²) in [6, 6.07) is 0. The van der Waals surface area contributed by atoms with E-state index < -0.39 is 26.7 Å². The minimum atomic E-state index is -2.02. The maximum absolute atomic E-state index is 6.47. The molecule has 0 radical (unpaired) electrons. The Bertz CT molecular complexity index is 372. The molecule has 0 aromatic rings. The monoisotopic (exact) mass is 491 g/mol. The van der Waals surface area contributed by atoms with Crippen LogP contribution in [-0.2, 0) is 4.43 Å². The zero-order chi connectivity index (χ0) is 19.8. The van der Waals surface area contributed by atoms with Crippen LogP contribution in [-0.4, -0.2) is 55.3 Å². The Kier molecular flexibility index (Phi) is 10.8. The molecule has 2 nitrogen and oxygen atoms in total. The first-order chi connectivity index (χ1) is 12.1. The van der Waals surface area contributed by atoms with Crippen LogP contribution in [0.4, 0.5) is 0 Å². The minimum absolute atomic E-state index is 0.331. The summed E-state index contributed by atoms with van der Waals surface area (Å²) in [7, 11) is -1.58. The van der Waals surface area contributed by atoms with Gasteiger partial charge in [-0.25, -0.2) is 0 Å². The Morgan fingerprint density at radius 1 is 0.923 bits per heavy atom. The maximum atomic E-state index is 6.47. The van der Waals surface area contributed by atoms with E-state index in [1.807, 2.05) is 0 Å². The van der Waals surface area contributed by atoms with Gasteiger partial charge in [0.25, 0.3) is 0 Å². The number of unbranched alkanes of at least 4 members (excludes halogenated alkanes) is 3. The topological polar surface area (TPSA) is 12.2 Å². The van der Waals surface area contributed by atoms with Gasteiger partial charge in [-0.1, -0.05) is 0 Å². The van der Waals surface area contributed by atoms with E-state index >= 15 is 0 Å². The standard InChI is InChI=1S/C10H22NOSi.3C4H9.Sn/c1-10(2,3)13(4,5)12-9-8-11-6-7-11;3*1-3-4-2;/h6H,7-9H2,1-5H3;3*1,3-4H2,2H3;. The Hall–Kier alpha value is 0.936. The van der Waals surface area contributed by atoms with E-state index in [0.717, 1.165) is 10.7 Å². The zero-order valence-corrected chi connectivity index (χ0v) is 23.3. The van der Waals surface area contributed by atoms with Crippen LogP contribution in [0.5, 0.6) is 0 Å². The average Bonchev–Trinajstić information content (AvgIpc) is 3.33. The Morgan fingerprint density at radius 2 is 1.38 bits per heavy atom. The second-order valence-electron chi connectivity index (χ2n) is 10.3. The molecule has 26 heavy (non-hydrogen) atoms. The van der Waals surface area contributed by atoms with E-state index in [-0.39, 0.29) is 0 Å². The molecule has 0 N–H and O–H groups in total. The molecular formula is C22H49NOSiSn. The molecule has 0 amide bonds. The number of hydrogen-bond acceptors (Lipinski definition) is 2. The van der Waals surface area contributed by atoms with Crippen molar-refractivity contribution in [2.75, 3.05) is 19.7 Å². The molecule has 0 saturated carbocycles. The molecule has 1 rings (SSSR count). The fraction of sp³-hybridized carbons (Fsp3) is 1.00. The summed E-state index contributed by atoms with van der Waals surface area (Å²) in [6.45, 7) is 22.5. The van der Waals surface area contributed by atoms with Gasteiger partial charge in [0.05, 0.1) is 0 Å². The van der Waals surface area contributed by atoms with Crippen molar-refractivity contribution in [3.8, 4) is 0 Å².